The van der Waals surface area contributed by atoms with Crippen LogP contribution >= 0.6 is 34.8 Å². The van der Waals surface area contributed by atoms with E-state index in [1.165, 1.54) is 0 Å². The maximum atomic E-state index is 10.8. The van der Waals surface area contributed by atoms with Crippen LogP contribution in [-0.4, -0.2) is 24.2 Å². The van der Waals surface area contributed by atoms with Crippen LogP contribution in [0.1, 0.15) is 48.5 Å². The minimum Gasteiger partial charge on any atom is -0.550 e. The second-order valence-electron chi connectivity index (χ2n) is 7.20. The van der Waals surface area contributed by atoms with Gasteiger partial charge in [0.2, 0.25) is 0 Å². The normalized spacial score (nSPS) is 12.1. The summed E-state index contributed by atoms with van der Waals surface area (Å²) in [6.07, 6.45) is 3.89. The molecule has 0 saturated heterocycles. The number of halogens is 3. The third kappa shape index (κ3) is 7.33. The molecule has 2 aromatic carbocycles. The summed E-state index contributed by atoms with van der Waals surface area (Å²) in [5, 5.41) is 25.4. The van der Waals surface area contributed by atoms with Gasteiger partial charge in [-0.2, -0.15) is 0 Å². The van der Waals surface area contributed by atoms with Gasteiger partial charge in [-0.1, -0.05) is 71.9 Å². The minimum atomic E-state index is -1.13. The van der Waals surface area contributed by atoms with Crippen LogP contribution in [0.4, 0.5) is 5.69 Å². The summed E-state index contributed by atoms with van der Waals surface area (Å²) < 4.78 is 0. The zero-order valence-corrected chi connectivity index (χ0v) is 18.9. The lowest BCUT2D eigenvalue weighted by Gasteiger charge is -2.15. The molecule has 0 bridgehead atoms. The number of carboxylic acid groups (broad SMARTS) is 1. The van der Waals surface area contributed by atoms with Crippen molar-refractivity contribution >= 4 is 46.5 Å². The van der Waals surface area contributed by atoms with E-state index >= 15 is 0 Å². The van der Waals surface area contributed by atoms with Crippen molar-refractivity contribution in [2.75, 3.05) is 18.8 Å². The highest BCUT2D eigenvalue weighted by Gasteiger charge is 2.15. The molecule has 0 heterocycles. The van der Waals surface area contributed by atoms with Crippen LogP contribution in [0.15, 0.2) is 30.3 Å². The zero-order valence-electron chi connectivity index (χ0n) is 16.6. The number of benzene rings is 2. The quantitative estimate of drug-likeness (QED) is 0.321. The van der Waals surface area contributed by atoms with Gasteiger partial charge in [0, 0.05) is 29.5 Å². The van der Waals surface area contributed by atoms with Crippen LogP contribution in [-0.2, 0) is 17.6 Å². The van der Waals surface area contributed by atoms with Crippen molar-refractivity contribution in [2.24, 2.45) is 0 Å². The van der Waals surface area contributed by atoms with Gasteiger partial charge in [0.05, 0.1) is 21.8 Å². The van der Waals surface area contributed by atoms with Crippen LogP contribution in [0.2, 0.25) is 15.1 Å². The average Bonchev–Trinajstić information content (AvgIpc) is 2.70. The van der Waals surface area contributed by atoms with Crippen molar-refractivity contribution in [1.82, 2.24) is 5.32 Å². The first-order valence-corrected chi connectivity index (χ1v) is 11.0. The summed E-state index contributed by atoms with van der Waals surface area (Å²) >= 11 is 18.5. The third-order valence-electron chi connectivity index (χ3n) is 4.88. The molecule has 0 amide bonds. The first-order valence-electron chi connectivity index (χ1n) is 9.89. The number of anilines is 1. The van der Waals surface area contributed by atoms with Gasteiger partial charge in [0.25, 0.3) is 0 Å². The Bertz CT molecular complexity index is 862. The molecule has 0 radical (unpaired) electrons. The molecule has 0 saturated carbocycles. The Labute approximate surface area is 192 Å². The Morgan fingerprint density at radius 1 is 1.00 bits per heavy atom. The Kier molecular flexibility index (Phi) is 10.2. The van der Waals surface area contributed by atoms with E-state index in [0.717, 1.165) is 44.2 Å². The second-order valence-corrected chi connectivity index (χ2v) is 8.33. The van der Waals surface area contributed by atoms with E-state index < -0.39 is 12.1 Å². The molecule has 0 spiro atoms. The number of carboxylic acids is 1. The smallest absolute Gasteiger partial charge is 0.0929 e. The molecule has 0 aliphatic carbocycles. The van der Waals surface area contributed by atoms with Gasteiger partial charge in [-0.15, -0.1) is 0 Å². The Morgan fingerprint density at radius 2 is 1.70 bits per heavy atom. The maximum Gasteiger partial charge on any atom is 0.0929 e. The number of nitrogens with two attached hydrogens (primary N) is 1. The first-order chi connectivity index (χ1) is 14.3. The van der Waals surface area contributed by atoms with E-state index in [2.05, 4.69) is 5.32 Å². The SMILES string of the molecule is Nc1ccc(C(O)CNCCCCCCc2cccc(CC(=O)[O-])c2Cl)c(Cl)c1Cl. The number of carbonyl (C=O) groups is 1. The molecule has 0 aliphatic rings. The lowest BCUT2D eigenvalue weighted by molar-refractivity contribution is -0.304. The summed E-state index contributed by atoms with van der Waals surface area (Å²) in [6.45, 7) is 1.15. The van der Waals surface area contributed by atoms with Crippen molar-refractivity contribution in [3.8, 4) is 0 Å². The molecule has 30 heavy (non-hydrogen) atoms. The summed E-state index contributed by atoms with van der Waals surface area (Å²) in [4.78, 5) is 10.8. The molecular weight excluding hydrogens is 447 g/mol. The van der Waals surface area contributed by atoms with Crippen molar-refractivity contribution < 1.29 is 15.0 Å². The molecular formula is C22H26Cl3N2O3-. The van der Waals surface area contributed by atoms with Gasteiger partial charge in [-0.25, -0.2) is 0 Å². The van der Waals surface area contributed by atoms with E-state index in [-0.39, 0.29) is 16.5 Å². The summed E-state index contributed by atoms with van der Waals surface area (Å²) in [5.74, 6) is -1.13. The van der Waals surface area contributed by atoms with Gasteiger partial charge >= 0.3 is 0 Å². The molecule has 8 heteroatoms. The van der Waals surface area contributed by atoms with E-state index in [4.69, 9.17) is 40.5 Å². The number of hydrogen-bond donors (Lipinski definition) is 3. The van der Waals surface area contributed by atoms with Gasteiger partial charge < -0.3 is 26.1 Å². The maximum absolute atomic E-state index is 10.8. The van der Waals surface area contributed by atoms with E-state index in [0.29, 0.717) is 28.4 Å². The van der Waals surface area contributed by atoms with Crippen molar-refractivity contribution in [2.45, 2.75) is 44.6 Å². The highest BCUT2D eigenvalue weighted by molar-refractivity contribution is 6.44. The van der Waals surface area contributed by atoms with Crippen molar-refractivity contribution in [1.29, 1.82) is 0 Å². The number of nitrogens with one attached hydrogen (secondary N) is 1. The van der Waals surface area contributed by atoms with Crippen LogP contribution in [0, 0.1) is 0 Å². The molecule has 164 valence electrons. The molecule has 2 rings (SSSR count). The number of unbranched alkanes of at least 4 members (excludes halogenated alkanes) is 3. The monoisotopic (exact) mass is 471 g/mol. The summed E-state index contributed by atoms with van der Waals surface area (Å²) in [7, 11) is 0. The number of nitrogen functional groups attached to an aromatic ring is 1. The number of aliphatic hydroxyl groups excluding tert-OH is 1. The Hall–Kier alpha value is -1.50. The molecule has 0 aromatic heterocycles. The van der Waals surface area contributed by atoms with Crippen molar-refractivity contribution in [3.05, 3.63) is 62.1 Å². The van der Waals surface area contributed by atoms with Crippen LogP contribution < -0.4 is 16.2 Å². The lowest BCUT2D eigenvalue weighted by Crippen LogP contribution is -2.24. The van der Waals surface area contributed by atoms with Crippen LogP contribution in [0.25, 0.3) is 0 Å². The standard InChI is InChI=1S/C22H27Cl3N2O3/c23-20-14(7-5-8-15(20)12-19(29)30)6-3-1-2-4-11-27-13-18(28)16-9-10-17(26)22(25)21(16)24/h5,7-10,18,27-28H,1-4,6,11-13,26H2,(H,29,30)/p-1. The number of aliphatic hydroxyl groups is 1. The fourth-order valence-electron chi connectivity index (χ4n) is 3.22. The third-order valence-corrected chi connectivity index (χ3v) is 6.28. The van der Waals surface area contributed by atoms with Gasteiger partial charge in [0.15, 0.2) is 0 Å². The Balaban J connectivity index is 1.64. The first kappa shape index (κ1) is 24.8. The van der Waals surface area contributed by atoms with E-state index in [9.17, 15) is 15.0 Å². The predicted molar refractivity (Wildman–Crippen MR) is 121 cm³/mol. The number of aryl methyl sites for hydroxylation is 1. The average molecular weight is 473 g/mol. The fraction of sp³-hybridized carbons (Fsp3) is 0.409. The Morgan fingerprint density at radius 3 is 2.43 bits per heavy atom. The number of hydrogen-bond acceptors (Lipinski definition) is 5. The predicted octanol–water partition coefficient (Wildman–Crippen LogP) is 3.95. The summed E-state index contributed by atoms with van der Waals surface area (Å²) in [5.41, 5.74) is 8.20. The van der Waals surface area contributed by atoms with Gasteiger partial charge in [0.1, 0.15) is 0 Å². The van der Waals surface area contributed by atoms with Crippen LogP contribution in [0.3, 0.4) is 0 Å². The molecule has 4 N–H and O–H groups in total. The topological polar surface area (TPSA) is 98.4 Å². The van der Waals surface area contributed by atoms with Gasteiger partial charge in [-0.3, -0.25) is 0 Å². The number of aliphatic carboxylic acids is 1. The molecule has 2 aromatic rings. The van der Waals surface area contributed by atoms with Crippen molar-refractivity contribution in [3.63, 3.8) is 0 Å². The zero-order chi connectivity index (χ0) is 22.1. The molecule has 0 aliphatic heterocycles. The van der Waals surface area contributed by atoms with Crippen LogP contribution in [0.5, 0.6) is 0 Å². The highest BCUT2D eigenvalue weighted by Crippen LogP contribution is 2.34. The molecule has 1 atom stereocenters. The van der Waals surface area contributed by atoms with E-state index in [1.54, 1.807) is 18.2 Å². The lowest BCUT2D eigenvalue weighted by atomic mass is 10.0. The largest absolute Gasteiger partial charge is 0.550 e. The highest BCUT2D eigenvalue weighted by atomic mass is 35.5. The number of rotatable bonds is 12. The second kappa shape index (κ2) is 12.4. The molecule has 5 nitrogen and oxygen atoms in total. The fourth-order valence-corrected chi connectivity index (χ4v) is 3.98. The summed E-state index contributed by atoms with van der Waals surface area (Å²) in [6, 6.07) is 8.79. The molecule has 0 fully saturated rings. The number of carbonyl (C=O) groups excluding carboxylic acids is 1. The van der Waals surface area contributed by atoms with E-state index in [1.807, 2.05) is 12.1 Å². The minimum absolute atomic E-state index is 0.169. The molecule has 1 unspecified atom stereocenters. The van der Waals surface area contributed by atoms with Gasteiger partial charge in [-0.05, 0) is 43.0 Å².